The summed E-state index contributed by atoms with van der Waals surface area (Å²) in [5.41, 5.74) is 3.50. The van der Waals surface area contributed by atoms with Crippen molar-refractivity contribution in [2.75, 3.05) is 6.61 Å². The molecule has 3 atom stereocenters. The molecular weight excluding hydrogens is 354 g/mol. The van der Waals surface area contributed by atoms with Gasteiger partial charge < -0.3 is 20.1 Å². The van der Waals surface area contributed by atoms with E-state index in [1.165, 1.54) is 0 Å². The number of nitrogens with one attached hydrogen (secondary N) is 2. The Morgan fingerprint density at radius 1 is 1.21 bits per heavy atom. The number of hydrogen-bond donors (Lipinski definition) is 3. The summed E-state index contributed by atoms with van der Waals surface area (Å²) < 4.78 is 5.85. The number of amides is 1. The fourth-order valence-corrected chi connectivity index (χ4v) is 3.60. The number of aromatic amines is 1. The molecule has 4 rings (SSSR count). The molecule has 2 heterocycles. The number of para-hydroxylation sites is 1. The second kappa shape index (κ2) is 7.85. The molecule has 2 aromatic carbocycles. The van der Waals surface area contributed by atoms with Crippen molar-refractivity contribution in [3.63, 3.8) is 0 Å². The second-order valence-corrected chi connectivity index (χ2v) is 6.96. The standard InChI is InChI=1S/C22H21N3O3/c23-11-3-4-14-7-9-15(10-8-14)20(26)19-13-28-21(22(27)25-19)17-12-24-18-6-2-1-5-16(17)18/h1-2,5-10,12,19-21,24,26H,3-4,13H2,(H,25,27)/t19-,20+,21-/m0/s1. The van der Waals surface area contributed by atoms with Crippen molar-refractivity contribution < 1.29 is 14.6 Å². The molecule has 3 N–H and O–H groups in total. The molecule has 6 nitrogen and oxygen atoms in total. The predicted molar refractivity (Wildman–Crippen MR) is 104 cm³/mol. The van der Waals surface area contributed by atoms with Crippen LogP contribution < -0.4 is 5.32 Å². The van der Waals surface area contributed by atoms with Gasteiger partial charge in [0, 0.05) is 29.1 Å². The first-order valence-electron chi connectivity index (χ1n) is 9.29. The van der Waals surface area contributed by atoms with E-state index in [2.05, 4.69) is 16.4 Å². The second-order valence-electron chi connectivity index (χ2n) is 6.96. The number of aliphatic hydroxyl groups is 1. The number of nitrogens with zero attached hydrogens (tertiary/aromatic N) is 1. The predicted octanol–water partition coefficient (Wildman–Crippen LogP) is 2.91. The van der Waals surface area contributed by atoms with Gasteiger partial charge in [0.25, 0.3) is 5.91 Å². The zero-order chi connectivity index (χ0) is 19.5. The molecule has 0 spiro atoms. The minimum absolute atomic E-state index is 0.216. The molecule has 1 fully saturated rings. The maximum absolute atomic E-state index is 12.7. The number of H-pyrrole nitrogens is 1. The van der Waals surface area contributed by atoms with Gasteiger partial charge >= 0.3 is 0 Å². The smallest absolute Gasteiger partial charge is 0.254 e. The molecule has 0 unspecified atom stereocenters. The maximum atomic E-state index is 12.7. The van der Waals surface area contributed by atoms with Crippen molar-refractivity contribution in [2.45, 2.75) is 31.1 Å². The highest BCUT2D eigenvalue weighted by Crippen LogP contribution is 2.30. The van der Waals surface area contributed by atoms with Gasteiger partial charge in [-0.2, -0.15) is 5.26 Å². The number of benzene rings is 2. The summed E-state index contributed by atoms with van der Waals surface area (Å²) in [7, 11) is 0. The summed E-state index contributed by atoms with van der Waals surface area (Å²) in [5, 5.41) is 23.2. The van der Waals surface area contributed by atoms with Crippen LogP contribution in [0.25, 0.3) is 10.9 Å². The lowest BCUT2D eigenvalue weighted by Crippen LogP contribution is -2.50. The molecule has 0 saturated carbocycles. The Morgan fingerprint density at radius 3 is 2.75 bits per heavy atom. The maximum Gasteiger partial charge on any atom is 0.254 e. The Kier molecular flexibility index (Phi) is 5.11. The van der Waals surface area contributed by atoms with Crippen LogP contribution in [0.3, 0.4) is 0 Å². The summed E-state index contributed by atoms with van der Waals surface area (Å²) in [4.78, 5) is 15.8. The van der Waals surface area contributed by atoms with Gasteiger partial charge in [-0.25, -0.2) is 0 Å². The number of carbonyl (C=O) groups is 1. The number of morpholine rings is 1. The van der Waals surface area contributed by atoms with Gasteiger partial charge in [-0.05, 0) is 23.6 Å². The third-order valence-corrected chi connectivity index (χ3v) is 5.14. The van der Waals surface area contributed by atoms with E-state index in [1.807, 2.05) is 48.5 Å². The van der Waals surface area contributed by atoms with Crippen LogP contribution in [-0.2, 0) is 16.0 Å². The van der Waals surface area contributed by atoms with Gasteiger partial charge in [0.2, 0.25) is 0 Å². The zero-order valence-corrected chi connectivity index (χ0v) is 15.3. The number of aromatic nitrogens is 1. The summed E-state index contributed by atoms with van der Waals surface area (Å²) in [6, 6.07) is 16.8. The van der Waals surface area contributed by atoms with Crippen molar-refractivity contribution >= 4 is 16.8 Å². The Labute approximate surface area is 162 Å². The quantitative estimate of drug-likeness (QED) is 0.639. The highest BCUT2D eigenvalue weighted by Gasteiger charge is 2.35. The van der Waals surface area contributed by atoms with E-state index in [-0.39, 0.29) is 12.5 Å². The number of aryl methyl sites for hydroxylation is 1. The molecule has 1 aliphatic heterocycles. The van der Waals surface area contributed by atoms with Gasteiger partial charge in [-0.3, -0.25) is 4.79 Å². The van der Waals surface area contributed by atoms with Crippen molar-refractivity contribution in [1.82, 2.24) is 10.3 Å². The topological polar surface area (TPSA) is 98.1 Å². The summed E-state index contributed by atoms with van der Waals surface area (Å²) in [6.45, 7) is 0.216. The molecular formula is C22H21N3O3. The van der Waals surface area contributed by atoms with Gasteiger partial charge in [-0.15, -0.1) is 0 Å². The normalized spacial score (nSPS) is 20.5. The Bertz CT molecular complexity index is 1020. The first-order valence-corrected chi connectivity index (χ1v) is 9.29. The number of nitriles is 1. The lowest BCUT2D eigenvalue weighted by molar-refractivity contribution is -0.144. The SMILES string of the molecule is N#CCCc1ccc([C@@H](O)[C@@H]2CO[C@@H](c3c[nH]c4ccccc34)C(=O)N2)cc1. The minimum Gasteiger partial charge on any atom is -0.386 e. The molecule has 142 valence electrons. The summed E-state index contributed by atoms with van der Waals surface area (Å²) in [6.07, 6.45) is 1.38. The largest absolute Gasteiger partial charge is 0.386 e. The summed E-state index contributed by atoms with van der Waals surface area (Å²) >= 11 is 0. The minimum atomic E-state index is -0.863. The van der Waals surface area contributed by atoms with E-state index in [0.717, 1.165) is 22.0 Å². The van der Waals surface area contributed by atoms with Crippen LogP contribution in [0, 0.1) is 11.3 Å². The Hall–Kier alpha value is -3.14. The molecule has 28 heavy (non-hydrogen) atoms. The van der Waals surface area contributed by atoms with Gasteiger partial charge in [0.15, 0.2) is 6.10 Å². The van der Waals surface area contributed by atoms with Gasteiger partial charge in [-0.1, -0.05) is 42.5 Å². The average Bonchev–Trinajstić information content (AvgIpc) is 3.16. The molecule has 3 aromatic rings. The van der Waals surface area contributed by atoms with Crippen LogP contribution in [0.15, 0.2) is 54.7 Å². The number of hydrogen-bond acceptors (Lipinski definition) is 4. The van der Waals surface area contributed by atoms with Crippen molar-refractivity contribution in [2.24, 2.45) is 0 Å². The molecule has 0 aliphatic carbocycles. The van der Waals surface area contributed by atoms with E-state index in [4.69, 9.17) is 10.00 Å². The van der Waals surface area contributed by atoms with Crippen LogP contribution >= 0.6 is 0 Å². The first-order chi connectivity index (χ1) is 13.7. The Balaban J connectivity index is 1.45. The molecule has 1 aliphatic rings. The fraction of sp³-hybridized carbons (Fsp3) is 0.273. The lowest BCUT2D eigenvalue weighted by atomic mass is 9.98. The van der Waals surface area contributed by atoms with E-state index in [1.54, 1.807) is 6.20 Å². The number of rotatable bonds is 5. The third-order valence-electron chi connectivity index (χ3n) is 5.14. The van der Waals surface area contributed by atoms with E-state index in [9.17, 15) is 9.90 Å². The number of fused-ring (bicyclic) bond motifs is 1. The molecule has 6 heteroatoms. The van der Waals surface area contributed by atoms with E-state index >= 15 is 0 Å². The monoisotopic (exact) mass is 375 g/mol. The highest BCUT2D eigenvalue weighted by molar-refractivity contribution is 5.91. The number of ether oxygens (including phenoxy) is 1. The summed E-state index contributed by atoms with van der Waals surface area (Å²) in [5.74, 6) is -0.259. The van der Waals surface area contributed by atoms with Crippen molar-refractivity contribution in [1.29, 1.82) is 5.26 Å². The van der Waals surface area contributed by atoms with E-state index in [0.29, 0.717) is 18.4 Å². The fourth-order valence-electron chi connectivity index (χ4n) is 3.60. The molecule has 0 radical (unpaired) electrons. The highest BCUT2D eigenvalue weighted by atomic mass is 16.5. The average molecular weight is 375 g/mol. The molecule has 1 aromatic heterocycles. The molecule has 1 amide bonds. The zero-order valence-electron chi connectivity index (χ0n) is 15.3. The van der Waals surface area contributed by atoms with Gasteiger partial charge in [0.1, 0.15) is 6.10 Å². The Morgan fingerprint density at radius 2 is 2.00 bits per heavy atom. The van der Waals surface area contributed by atoms with E-state index < -0.39 is 18.2 Å². The third kappa shape index (κ3) is 3.50. The van der Waals surface area contributed by atoms with Crippen LogP contribution in [0.2, 0.25) is 0 Å². The number of aliphatic hydroxyl groups excluding tert-OH is 1. The van der Waals surface area contributed by atoms with Crippen LogP contribution in [0.1, 0.15) is 35.3 Å². The van der Waals surface area contributed by atoms with Gasteiger partial charge in [0.05, 0.1) is 18.7 Å². The van der Waals surface area contributed by atoms with Crippen molar-refractivity contribution in [3.05, 3.63) is 71.4 Å². The lowest BCUT2D eigenvalue weighted by Gasteiger charge is -2.32. The number of carbonyl (C=O) groups excluding carboxylic acids is 1. The van der Waals surface area contributed by atoms with Crippen molar-refractivity contribution in [3.8, 4) is 6.07 Å². The molecule has 1 saturated heterocycles. The van der Waals surface area contributed by atoms with Crippen LogP contribution in [0.4, 0.5) is 0 Å². The first kappa shape index (κ1) is 18.2. The van der Waals surface area contributed by atoms with Crippen LogP contribution in [0.5, 0.6) is 0 Å². The van der Waals surface area contributed by atoms with Crippen LogP contribution in [-0.4, -0.2) is 28.6 Å². The molecule has 0 bridgehead atoms.